The second-order valence-electron chi connectivity index (χ2n) is 9.76. The van der Waals surface area contributed by atoms with Gasteiger partial charge in [-0.15, -0.1) is 0 Å². The van der Waals surface area contributed by atoms with Gasteiger partial charge in [0, 0.05) is 23.9 Å². The third kappa shape index (κ3) is 3.76. The van der Waals surface area contributed by atoms with Gasteiger partial charge >= 0.3 is 6.03 Å². The van der Waals surface area contributed by atoms with E-state index in [1.54, 1.807) is 24.1 Å². The van der Waals surface area contributed by atoms with E-state index in [2.05, 4.69) is 29.7 Å². The minimum Gasteiger partial charge on any atom is -0.497 e. The average Bonchev–Trinajstić information content (AvgIpc) is 3.57. The number of nitrogens with one attached hydrogen (secondary N) is 2. The molecule has 0 spiro atoms. The van der Waals surface area contributed by atoms with Crippen LogP contribution in [0.25, 0.3) is 5.57 Å². The van der Waals surface area contributed by atoms with Crippen LogP contribution in [0.3, 0.4) is 0 Å². The fraction of sp³-hybridized carbons (Fsp3) is 0.200. The first-order valence-corrected chi connectivity index (χ1v) is 12.4. The van der Waals surface area contributed by atoms with E-state index < -0.39 is 17.5 Å². The van der Waals surface area contributed by atoms with Gasteiger partial charge in [-0.2, -0.15) is 0 Å². The van der Waals surface area contributed by atoms with Crippen LogP contribution in [0.5, 0.6) is 5.75 Å². The number of amides is 4. The molecule has 3 aliphatic rings. The zero-order valence-corrected chi connectivity index (χ0v) is 21.0. The van der Waals surface area contributed by atoms with Crippen LogP contribution in [0.2, 0.25) is 0 Å². The summed E-state index contributed by atoms with van der Waals surface area (Å²) in [5.41, 5.74) is 4.84. The second-order valence-corrected chi connectivity index (χ2v) is 9.76. The highest BCUT2D eigenvalue weighted by Crippen LogP contribution is 2.37. The normalized spacial score (nSPS) is 22.1. The van der Waals surface area contributed by atoms with Gasteiger partial charge in [0.05, 0.1) is 19.7 Å². The molecule has 8 heteroatoms. The van der Waals surface area contributed by atoms with Crippen molar-refractivity contribution in [3.05, 3.63) is 106 Å². The number of hydrogen-bond donors (Lipinski definition) is 2. The van der Waals surface area contributed by atoms with Crippen molar-refractivity contribution in [2.45, 2.75) is 25.0 Å². The number of carbonyl (C=O) groups excluding carboxylic acids is 3. The minimum absolute atomic E-state index is 0.000980. The van der Waals surface area contributed by atoms with E-state index in [0.29, 0.717) is 23.4 Å². The Morgan fingerprint density at radius 3 is 2.47 bits per heavy atom. The SMILES string of the molecule is COc1ccc2c(c1)C(=O)N(CC1(c3ccc(C4=C(C)C(c5ccccc5)N=C4)cc3)NC(=O)NC1=O)C2. The minimum atomic E-state index is -1.41. The van der Waals surface area contributed by atoms with Crippen molar-refractivity contribution >= 4 is 29.6 Å². The lowest BCUT2D eigenvalue weighted by Crippen LogP contribution is -2.52. The maximum Gasteiger partial charge on any atom is 0.322 e. The summed E-state index contributed by atoms with van der Waals surface area (Å²) in [7, 11) is 1.55. The van der Waals surface area contributed by atoms with Gasteiger partial charge in [-0.25, -0.2) is 4.79 Å². The average molecular weight is 507 g/mol. The van der Waals surface area contributed by atoms with E-state index in [1.165, 1.54) is 0 Å². The summed E-state index contributed by atoms with van der Waals surface area (Å²) in [5.74, 6) is -0.108. The van der Waals surface area contributed by atoms with Crippen LogP contribution in [0, 0.1) is 0 Å². The number of carbonyl (C=O) groups is 3. The molecule has 0 saturated carbocycles. The molecule has 2 N–H and O–H groups in total. The standard InChI is InChI=1S/C30H26N4O4/c1-18-25(15-31-26(18)20-6-4-3-5-7-20)19-8-11-22(12-9-19)30(28(36)32-29(37)33-30)17-34-16-21-10-13-23(38-2)14-24(21)27(34)35/h3-15,26H,16-17H2,1-2H3,(H2,32,33,36,37). The van der Waals surface area contributed by atoms with Gasteiger partial charge in [0.1, 0.15) is 5.75 Å². The smallest absolute Gasteiger partial charge is 0.322 e. The van der Waals surface area contributed by atoms with Gasteiger partial charge in [-0.1, -0.05) is 60.7 Å². The number of nitrogens with zero attached hydrogens (tertiary/aromatic N) is 2. The molecule has 8 nitrogen and oxygen atoms in total. The third-order valence-corrected chi connectivity index (χ3v) is 7.56. The molecule has 0 aromatic heterocycles. The van der Waals surface area contributed by atoms with Gasteiger partial charge < -0.3 is 15.0 Å². The summed E-state index contributed by atoms with van der Waals surface area (Å²) in [4.78, 5) is 45.0. The molecule has 38 heavy (non-hydrogen) atoms. The van der Waals surface area contributed by atoms with E-state index in [4.69, 9.17) is 9.73 Å². The predicted octanol–water partition coefficient (Wildman–Crippen LogP) is 3.99. The Morgan fingerprint density at radius 1 is 1.03 bits per heavy atom. The van der Waals surface area contributed by atoms with Crippen LogP contribution < -0.4 is 15.4 Å². The number of hydrogen-bond acceptors (Lipinski definition) is 5. The molecule has 0 radical (unpaired) electrons. The number of imide groups is 1. The number of benzene rings is 3. The predicted molar refractivity (Wildman–Crippen MR) is 143 cm³/mol. The fourth-order valence-corrected chi connectivity index (χ4v) is 5.50. The fourth-order valence-electron chi connectivity index (χ4n) is 5.50. The molecule has 3 aromatic rings. The highest BCUT2D eigenvalue weighted by Gasteiger charge is 2.50. The molecule has 1 saturated heterocycles. The van der Waals surface area contributed by atoms with Crippen molar-refractivity contribution < 1.29 is 19.1 Å². The zero-order chi connectivity index (χ0) is 26.4. The monoisotopic (exact) mass is 506 g/mol. The first-order valence-electron chi connectivity index (χ1n) is 12.4. The molecule has 4 amide bonds. The van der Waals surface area contributed by atoms with E-state index >= 15 is 0 Å². The van der Waals surface area contributed by atoms with Crippen LogP contribution in [0.15, 0.2) is 83.4 Å². The van der Waals surface area contributed by atoms with Crippen LogP contribution in [-0.4, -0.2) is 42.6 Å². The van der Waals surface area contributed by atoms with E-state index in [0.717, 1.165) is 27.8 Å². The summed E-state index contributed by atoms with van der Waals surface area (Å²) in [6, 6.07) is 22.4. The van der Waals surface area contributed by atoms with Crippen molar-refractivity contribution in [1.82, 2.24) is 15.5 Å². The molecule has 0 bridgehead atoms. The summed E-state index contributed by atoms with van der Waals surface area (Å²) in [6.45, 7) is 2.41. The Bertz CT molecular complexity index is 1530. The van der Waals surface area contributed by atoms with Crippen molar-refractivity contribution in [1.29, 1.82) is 0 Å². The molecule has 1 fully saturated rings. The molecule has 0 aliphatic carbocycles. The van der Waals surface area contributed by atoms with Crippen LogP contribution in [0.1, 0.15) is 45.6 Å². The lowest BCUT2D eigenvalue weighted by atomic mass is 9.87. The highest BCUT2D eigenvalue weighted by atomic mass is 16.5. The van der Waals surface area contributed by atoms with Crippen LogP contribution >= 0.6 is 0 Å². The lowest BCUT2D eigenvalue weighted by molar-refractivity contribution is -0.124. The molecule has 190 valence electrons. The molecule has 3 aliphatic heterocycles. The van der Waals surface area contributed by atoms with Crippen molar-refractivity contribution in [2.75, 3.05) is 13.7 Å². The zero-order valence-electron chi connectivity index (χ0n) is 21.0. The maximum absolute atomic E-state index is 13.2. The van der Waals surface area contributed by atoms with Gasteiger partial charge in [-0.05, 0) is 46.9 Å². The van der Waals surface area contributed by atoms with E-state index in [9.17, 15) is 14.4 Å². The molecule has 2 atom stereocenters. The number of aliphatic imine (C=N–C) groups is 1. The van der Waals surface area contributed by atoms with Crippen molar-refractivity contribution in [3.63, 3.8) is 0 Å². The Hall–Kier alpha value is -4.72. The third-order valence-electron chi connectivity index (χ3n) is 7.56. The van der Waals surface area contributed by atoms with Gasteiger partial charge in [-0.3, -0.25) is 19.9 Å². The highest BCUT2D eigenvalue weighted by molar-refractivity contribution is 6.13. The van der Waals surface area contributed by atoms with Crippen LogP contribution in [0.4, 0.5) is 4.79 Å². The first-order chi connectivity index (χ1) is 18.4. The summed E-state index contributed by atoms with van der Waals surface area (Å²) >= 11 is 0. The van der Waals surface area contributed by atoms with Crippen LogP contribution in [-0.2, 0) is 16.9 Å². The Labute approximate surface area is 220 Å². The maximum atomic E-state index is 13.2. The first kappa shape index (κ1) is 23.7. The summed E-state index contributed by atoms with van der Waals surface area (Å²) < 4.78 is 5.26. The Balaban J connectivity index is 1.30. The van der Waals surface area contributed by atoms with Crippen molar-refractivity contribution in [2.24, 2.45) is 4.99 Å². The number of rotatable bonds is 6. The largest absolute Gasteiger partial charge is 0.497 e. The van der Waals surface area contributed by atoms with E-state index in [-0.39, 0.29) is 18.5 Å². The number of fused-ring (bicyclic) bond motifs is 1. The summed E-state index contributed by atoms with van der Waals surface area (Å²) in [5, 5.41) is 5.16. The van der Waals surface area contributed by atoms with Crippen molar-refractivity contribution in [3.8, 4) is 5.75 Å². The lowest BCUT2D eigenvalue weighted by Gasteiger charge is -2.31. The number of urea groups is 1. The molecule has 3 heterocycles. The van der Waals surface area contributed by atoms with Gasteiger partial charge in [0.25, 0.3) is 11.8 Å². The number of ether oxygens (including phenoxy) is 1. The Morgan fingerprint density at radius 2 is 1.79 bits per heavy atom. The quantitative estimate of drug-likeness (QED) is 0.494. The molecule has 3 aromatic carbocycles. The van der Waals surface area contributed by atoms with Gasteiger partial charge in [0.2, 0.25) is 0 Å². The molecular weight excluding hydrogens is 480 g/mol. The number of allylic oxidation sites excluding steroid dienone is 1. The Kier molecular flexibility index (Phi) is 5.60. The second kappa shape index (κ2) is 8.99. The molecular formula is C30H26N4O4. The van der Waals surface area contributed by atoms with Gasteiger partial charge in [0.15, 0.2) is 5.54 Å². The van der Waals surface area contributed by atoms with E-state index in [1.807, 2.05) is 54.7 Å². The molecule has 6 rings (SSSR count). The molecule has 2 unspecified atom stereocenters. The summed E-state index contributed by atoms with van der Waals surface area (Å²) in [6.07, 6.45) is 1.89. The topological polar surface area (TPSA) is 100 Å². The number of methoxy groups -OCH3 is 1.